The second kappa shape index (κ2) is 10.3. The van der Waals surface area contributed by atoms with Crippen LogP contribution in [0, 0.1) is 17.2 Å². The number of nitrogens with zero attached hydrogens (tertiary/aromatic N) is 3. The summed E-state index contributed by atoms with van der Waals surface area (Å²) in [7, 11) is 0. The van der Waals surface area contributed by atoms with Crippen LogP contribution in [0.25, 0.3) is 11.4 Å². The van der Waals surface area contributed by atoms with Crippen molar-refractivity contribution >= 4 is 17.6 Å². The Morgan fingerprint density at radius 3 is 2.41 bits per heavy atom. The van der Waals surface area contributed by atoms with Crippen molar-refractivity contribution in [3.8, 4) is 11.4 Å². The van der Waals surface area contributed by atoms with Gasteiger partial charge in [-0.05, 0) is 35.7 Å². The first-order valence-corrected chi connectivity index (χ1v) is 11.9. The van der Waals surface area contributed by atoms with E-state index < -0.39 is 5.41 Å². The molecule has 1 aliphatic rings. The van der Waals surface area contributed by atoms with Crippen molar-refractivity contribution in [3.63, 3.8) is 0 Å². The van der Waals surface area contributed by atoms with E-state index in [1.807, 2.05) is 30.3 Å². The zero-order valence-corrected chi connectivity index (χ0v) is 19.8. The van der Waals surface area contributed by atoms with Gasteiger partial charge >= 0.3 is 0 Å². The van der Waals surface area contributed by atoms with Crippen LogP contribution >= 0.6 is 0 Å². The van der Waals surface area contributed by atoms with E-state index in [2.05, 4.69) is 15.4 Å². The Bertz CT molecular complexity index is 1130. The number of rotatable bonds is 9. The average molecular weight is 463 g/mol. The summed E-state index contributed by atoms with van der Waals surface area (Å²) in [5.41, 5.74) is 0.833. The van der Waals surface area contributed by atoms with E-state index in [1.165, 1.54) is 25.0 Å². The third kappa shape index (κ3) is 5.95. The monoisotopic (exact) mass is 462 g/mol. The molecule has 34 heavy (non-hydrogen) atoms. The van der Waals surface area contributed by atoms with Crippen LogP contribution in [-0.2, 0) is 16.1 Å². The Hall–Kier alpha value is -3.35. The van der Waals surface area contributed by atoms with Gasteiger partial charge in [-0.15, -0.1) is 5.10 Å². The van der Waals surface area contributed by atoms with Gasteiger partial charge in [-0.2, -0.15) is 4.98 Å². The van der Waals surface area contributed by atoms with Crippen molar-refractivity contribution in [2.24, 2.45) is 11.3 Å². The quantitative estimate of drug-likeness (QED) is 0.447. The van der Waals surface area contributed by atoms with E-state index >= 15 is 0 Å². The molecule has 1 amide bonds. The zero-order chi connectivity index (χ0) is 24.1. The Balaban J connectivity index is 1.51. The lowest BCUT2D eigenvalue weighted by molar-refractivity contribution is -0.130. The second-order valence-electron chi connectivity index (χ2n) is 9.82. The highest BCUT2D eigenvalue weighted by molar-refractivity contribution is 5.96. The lowest BCUT2D eigenvalue weighted by atomic mass is 9.84. The van der Waals surface area contributed by atoms with Crippen molar-refractivity contribution in [1.82, 2.24) is 14.8 Å². The van der Waals surface area contributed by atoms with Crippen LogP contribution in [0.4, 0.5) is 10.3 Å². The molecule has 0 unspecified atom stereocenters. The molecule has 0 spiro atoms. The summed E-state index contributed by atoms with van der Waals surface area (Å²) < 4.78 is 15.2. The largest absolute Gasteiger partial charge is 0.300 e. The number of hydrogen-bond acceptors (Lipinski definition) is 4. The molecule has 4 rings (SSSR count). The highest BCUT2D eigenvalue weighted by Gasteiger charge is 2.32. The van der Waals surface area contributed by atoms with E-state index in [9.17, 15) is 14.0 Å². The number of halogens is 1. The summed E-state index contributed by atoms with van der Waals surface area (Å²) in [6, 6.07) is 15.8. The van der Waals surface area contributed by atoms with E-state index in [0.29, 0.717) is 30.3 Å². The molecule has 0 bridgehead atoms. The van der Waals surface area contributed by atoms with E-state index in [-0.39, 0.29) is 29.9 Å². The van der Waals surface area contributed by atoms with Gasteiger partial charge in [-0.3, -0.25) is 14.9 Å². The molecule has 0 radical (unpaired) electrons. The van der Waals surface area contributed by atoms with Crippen molar-refractivity contribution in [3.05, 3.63) is 66.0 Å². The first kappa shape index (κ1) is 23.8. The summed E-state index contributed by atoms with van der Waals surface area (Å²) in [6.07, 6.45) is 5.33. The maximum Gasteiger partial charge on any atom is 0.249 e. The number of carbonyl (C=O) groups excluding carboxylic acids is 2. The van der Waals surface area contributed by atoms with E-state index in [1.54, 1.807) is 30.7 Å². The van der Waals surface area contributed by atoms with Crippen LogP contribution in [-0.4, -0.2) is 26.5 Å². The molecule has 1 N–H and O–H groups in total. The molecule has 178 valence electrons. The maximum absolute atomic E-state index is 13.5. The normalized spacial score (nSPS) is 14.3. The van der Waals surface area contributed by atoms with Gasteiger partial charge in [-0.25, -0.2) is 9.07 Å². The number of benzene rings is 2. The predicted molar refractivity (Wildman–Crippen MR) is 130 cm³/mol. The van der Waals surface area contributed by atoms with Gasteiger partial charge in [0.05, 0.1) is 12.0 Å². The fourth-order valence-electron chi connectivity index (χ4n) is 4.53. The summed E-state index contributed by atoms with van der Waals surface area (Å²) in [6.45, 7) is 3.99. The standard InChI is InChI=1S/C27H31FN4O2/c1-27(2,17-23(33)16-19-8-6-7-9-19)25(34)30-26-29-24(21-12-14-22(28)15-13-21)32(31-26)18-20-10-4-3-5-11-20/h3-5,10-15,19H,6-9,16-18H2,1-2H3,(H,30,31,34). The third-order valence-electron chi connectivity index (χ3n) is 6.42. The SMILES string of the molecule is CC(C)(CC(=O)CC1CCCC1)C(=O)Nc1nc(-c2ccc(F)cc2)n(Cc2ccccc2)n1. The number of anilines is 1. The molecule has 1 aliphatic carbocycles. The smallest absolute Gasteiger partial charge is 0.249 e. The highest BCUT2D eigenvalue weighted by atomic mass is 19.1. The lowest BCUT2D eigenvalue weighted by Crippen LogP contribution is -2.33. The van der Waals surface area contributed by atoms with Gasteiger partial charge < -0.3 is 0 Å². The Morgan fingerprint density at radius 2 is 1.74 bits per heavy atom. The van der Waals surface area contributed by atoms with Crippen molar-refractivity contribution in [2.45, 2.75) is 58.9 Å². The molecule has 1 fully saturated rings. The van der Waals surface area contributed by atoms with E-state index in [0.717, 1.165) is 18.4 Å². The van der Waals surface area contributed by atoms with Gasteiger partial charge in [0.2, 0.25) is 11.9 Å². The topological polar surface area (TPSA) is 76.9 Å². The molecule has 2 aromatic carbocycles. The number of carbonyl (C=O) groups is 2. The minimum atomic E-state index is -0.878. The summed E-state index contributed by atoms with van der Waals surface area (Å²) in [5.74, 6) is 0.637. The van der Waals surface area contributed by atoms with Crippen molar-refractivity contribution < 1.29 is 14.0 Å². The number of amides is 1. The molecule has 0 aliphatic heterocycles. The van der Waals surface area contributed by atoms with Gasteiger partial charge in [0.1, 0.15) is 11.6 Å². The Kier molecular flexibility index (Phi) is 7.20. The first-order chi connectivity index (χ1) is 16.3. The average Bonchev–Trinajstić information content (AvgIpc) is 3.44. The summed E-state index contributed by atoms with van der Waals surface area (Å²) in [5, 5.41) is 7.32. The highest BCUT2D eigenvalue weighted by Crippen LogP contribution is 2.31. The summed E-state index contributed by atoms with van der Waals surface area (Å²) in [4.78, 5) is 30.2. The molecule has 0 atom stereocenters. The van der Waals surface area contributed by atoms with Gasteiger partial charge in [-0.1, -0.05) is 69.9 Å². The van der Waals surface area contributed by atoms with Gasteiger partial charge in [0.15, 0.2) is 5.82 Å². The van der Waals surface area contributed by atoms with Crippen molar-refractivity contribution in [1.29, 1.82) is 0 Å². The fraction of sp³-hybridized carbons (Fsp3) is 0.407. The minimum absolute atomic E-state index is 0.126. The molecular formula is C27H31FN4O2. The number of ketones is 1. The Morgan fingerprint density at radius 1 is 1.06 bits per heavy atom. The van der Waals surface area contributed by atoms with Crippen molar-refractivity contribution in [2.75, 3.05) is 5.32 Å². The van der Waals surface area contributed by atoms with Gasteiger partial charge in [0.25, 0.3) is 0 Å². The Labute approximate surface area is 199 Å². The minimum Gasteiger partial charge on any atom is -0.300 e. The predicted octanol–water partition coefficient (Wildman–Crippen LogP) is 5.64. The second-order valence-corrected chi connectivity index (χ2v) is 9.82. The zero-order valence-electron chi connectivity index (χ0n) is 19.8. The molecule has 1 saturated carbocycles. The molecule has 1 heterocycles. The van der Waals surface area contributed by atoms with Crippen LogP contribution in [0.2, 0.25) is 0 Å². The number of Topliss-reactive ketones (excluding diaryl/α,β-unsaturated/α-hetero) is 1. The third-order valence-corrected chi connectivity index (χ3v) is 6.42. The number of nitrogens with one attached hydrogen (secondary N) is 1. The van der Waals surface area contributed by atoms with E-state index in [4.69, 9.17) is 0 Å². The van der Waals surface area contributed by atoms with Crippen LogP contribution in [0.5, 0.6) is 0 Å². The molecule has 6 nitrogen and oxygen atoms in total. The number of aromatic nitrogens is 3. The maximum atomic E-state index is 13.5. The molecular weight excluding hydrogens is 431 g/mol. The molecule has 3 aromatic rings. The number of hydrogen-bond donors (Lipinski definition) is 1. The fourth-order valence-corrected chi connectivity index (χ4v) is 4.53. The van der Waals surface area contributed by atoms with Crippen LogP contribution < -0.4 is 5.32 Å². The molecule has 1 aromatic heterocycles. The van der Waals surface area contributed by atoms with Crippen LogP contribution in [0.1, 0.15) is 57.9 Å². The first-order valence-electron chi connectivity index (χ1n) is 11.9. The summed E-state index contributed by atoms with van der Waals surface area (Å²) >= 11 is 0. The molecule has 0 saturated heterocycles. The van der Waals surface area contributed by atoms with Gasteiger partial charge in [0, 0.05) is 18.4 Å². The molecule has 7 heteroatoms. The van der Waals surface area contributed by atoms with Crippen LogP contribution in [0.3, 0.4) is 0 Å². The lowest BCUT2D eigenvalue weighted by Gasteiger charge is -2.22. The van der Waals surface area contributed by atoms with Crippen LogP contribution in [0.15, 0.2) is 54.6 Å².